The largest absolute Gasteiger partial charge is 0.345 e. The zero-order chi connectivity index (χ0) is 16.2. The second-order valence-electron chi connectivity index (χ2n) is 5.37. The van der Waals surface area contributed by atoms with Gasteiger partial charge in [-0.2, -0.15) is 0 Å². The summed E-state index contributed by atoms with van der Waals surface area (Å²) in [5.41, 5.74) is 1.62. The fourth-order valence-electron chi connectivity index (χ4n) is 1.75. The van der Waals surface area contributed by atoms with Crippen LogP contribution in [0.5, 0.6) is 0 Å². The molecule has 1 N–H and O–H groups in total. The molecule has 1 unspecified atom stereocenters. The lowest BCUT2D eigenvalue weighted by Crippen LogP contribution is -2.24. The van der Waals surface area contributed by atoms with E-state index in [1.165, 1.54) is 4.90 Å². The van der Waals surface area contributed by atoms with Crippen LogP contribution in [-0.4, -0.2) is 45.0 Å². The smallest absolute Gasteiger partial charge is 0.253 e. The van der Waals surface area contributed by atoms with Crippen LogP contribution in [-0.2, 0) is 10.0 Å². The van der Waals surface area contributed by atoms with Crippen molar-refractivity contribution in [3.63, 3.8) is 0 Å². The van der Waals surface area contributed by atoms with Crippen LogP contribution in [0.1, 0.15) is 22.8 Å². The minimum Gasteiger partial charge on any atom is -0.345 e. The van der Waals surface area contributed by atoms with E-state index in [9.17, 15) is 13.2 Å². The SMILES string of the molecule is Cc1ccc(C(=O)N(C)C)cc1NS(=O)(=O)CC(C)CCl. The van der Waals surface area contributed by atoms with Crippen LogP contribution in [0.2, 0.25) is 0 Å². The number of sulfonamides is 1. The molecular formula is C14H21ClN2O3S. The van der Waals surface area contributed by atoms with Gasteiger partial charge in [0.15, 0.2) is 0 Å². The zero-order valence-corrected chi connectivity index (χ0v) is 14.3. The first-order chi connectivity index (χ1) is 9.66. The van der Waals surface area contributed by atoms with Gasteiger partial charge < -0.3 is 4.90 Å². The van der Waals surface area contributed by atoms with Gasteiger partial charge in [-0.05, 0) is 30.5 Å². The molecule has 1 aromatic carbocycles. The highest BCUT2D eigenvalue weighted by molar-refractivity contribution is 7.92. The van der Waals surface area contributed by atoms with Crippen molar-refractivity contribution >= 4 is 33.2 Å². The number of carbonyl (C=O) groups excluding carboxylic acids is 1. The molecule has 0 aliphatic carbocycles. The molecule has 1 amide bonds. The minimum absolute atomic E-state index is 0.0538. The molecule has 0 saturated heterocycles. The molecular weight excluding hydrogens is 312 g/mol. The van der Waals surface area contributed by atoms with E-state index in [-0.39, 0.29) is 23.5 Å². The fraction of sp³-hybridized carbons (Fsp3) is 0.500. The van der Waals surface area contributed by atoms with Gasteiger partial charge in [-0.1, -0.05) is 13.0 Å². The van der Waals surface area contributed by atoms with Crippen molar-refractivity contribution in [2.75, 3.05) is 30.5 Å². The third-order valence-electron chi connectivity index (χ3n) is 2.92. The van der Waals surface area contributed by atoms with Gasteiger partial charge in [-0.3, -0.25) is 9.52 Å². The number of halogens is 1. The Labute approximate surface area is 131 Å². The summed E-state index contributed by atoms with van der Waals surface area (Å²) in [7, 11) is -0.197. The average molecular weight is 333 g/mol. The zero-order valence-electron chi connectivity index (χ0n) is 12.7. The highest BCUT2D eigenvalue weighted by Crippen LogP contribution is 2.20. The van der Waals surface area contributed by atoms with E-state index in [0.29, 0.717) is 11.3 Å². The fourth-order valence-corrected chi connectivity index (χ4v) is 3.50. The lowest BCUT2D eigenvalue weighted by molar-refractivity contribution is 0.0827. The molecule has 7 heteroatoms. The third kappa shape index (κ3) is 5.21. The highest BCUT2D eigenvalue weighted by Gasteiger charge is 2.17. The Kier molecular flexibility index (Phi) is 6.04. The Morgan fingerprint density at radius 2 is 2.00 bits per heavy atom. The van der Waals surface area contributed by atoms with Gasteiger partial charge in [-0.25, -0.2) is 8.42 Å². The molecule has 1 atom stereocenters. The van der Waals surface area contributed by atoms with E-state index in [4.69, 9.17) is 11.6 Å². The minimum atomic E-state index is -3.49. The summed E-state index contributed by atoms with van der Waals surface area (Å²) in [4.78, 5) is 13.4. The summed E-state index contributed by atoms with van der Waals surface area (Å²) >= 11 is 5.65. The molecule has 0 radical (unpaired) electrons. The number of amides is 1. The van der Waals surface area contributed by atoms with Crippen LogP contribution in [0.4, 0.5) is 5.69 Å². The normalized spacial score (nSPS) is 12.8. The third-order valence-corrected chi connectivity index (χ3v) is 4.99. The second-order valence-corrected chi connectivity index (χ2v) is 7.45. The van der Waals surface area contributed by atoms with Crippen molar-refractivity contribution in [2.24, 2.45) is 5.92 Å². The van der Waals surface area contributed by atoms with E-state index in [1.807, 2.05) is 0 Å². The Morgan fingerprint density at radius 3 is 2.52 bits per heavy atom. The maximum atomic E-state index is 12.1. The highest BCUT2D eigenvalue weighted by atomic mass is 35.5. The molecule has 1 aromatic rings. The molecule has 0 aliphatic heterocycles. The van der Waals surface area contributed by atoms with Crippen molar-refractivity contribution < 1.29 is 13.2 Å². The molecule has 5 nitrogen and oxygen atoms in total. The molecule has 0 fully saturated rings. The maximum absolute atomic E-state index is 12.1. The summed E-state index contributed by atoms with van der Waals surface area (Å²) in [6, 6.07) is 4.96. The standard InChI is InChI=1S/C14H21ClN2O3S/c1-10(8-15)9-21(19,20)16-13-7-12(6-5-11(13)2)14(18)17(3)4/h5-7,10,16H,8-9H2,1-4H3. The van der Waals surface area contributed by atoms with E-state index < -0.39 is 10.0 Å². The van der Waals surface area contributed by atoms with Gasteiger partial charge in [0.25, 0.3) is 5.91 Å². The molecule has 0 aromatic heterocycles. The Bertz CT molecular complexity index is 615. The number of nitrogens with zero attached hydrogens (tertiary/aromatic N) is 1. The number of rotatable bonds is 6. The van der Waals surface area contributed by atoms with Crippen molar-refractivity contribution in [1.82, 2.24) is 4.90 Å². The molecule has 21 heavy (non-hydrogen) atoms. The van der Waals surface area contributed by atoms with Crippen LogP contribution in [0.25, 0.3) is 0 Å². The van der Waals surface area contributed by atoms with Crippen LogP contribution < -0.4 is 4.72 Å². The molecule has 1 rings (SSSR count). The van der Waals surface area contributed by atoms with Gasteiger partial charge in [0.05, 0.1) is 11.4 Å². The van der Waals surface area contributed by atoms with Crippen molar-refractivity contribution in [3.05, 3.63) is 29.3 Å². The van der Waals surface area contributed by atoms with E-state index in [1.54, 1.807) is 46.1 Å². The van der Waals surface area contributed by atoms with Gasteiger partial charge in [0.2, 0.25) is 10.0 Å². The first kappa shape index (κ1) is 17.8. The molecule has 0 heterocycles. The summed E-state index contributed by atoms with van der Waals surface area (Å²) in [6.45, 7) is 3.55. The van der Waals surface area contributed by atoms with Crippen molar-refractivity contribution in [2.45, 2.75) is 13.8 Å². The second kappa shape index (κ2) is 7.13. The molecule has 0 aliphatic rings. The van der Waals surface area contributed by atoms with Crippen LogP contribution in [0.3, 0.4) is 0 Å². The predicted molar refractivity (Wildman–Crippen MR) is 86.5 cm³/mol. The van der Waals surface area contributed by atoms with Crippen LogP contribution in [0.15, 0.2) is 18.2 Å². The first-order valence-corrected chi connectivity index (χ1v) is 8.73. The van der Waals surface area contributed by atoms with E-state index in [2.05, 4.69) is 4.72 Å². The van der Waals surface area contributed by atoms with Crippen LogP contribution >= 0.6 is 11.6 Å². The Morgan fingerprint density at radius 1 is 1.38 bits per heavy atom. The van der Waals surface area contributed by atoms with Gasteiger partial charge in [-0.15, -0.1) is 11.6 Å². The number of nitrogens with one attached hydrogen (secondary N) is 1. The number of carbonyl (C=O) groups is 1. The number of hydrogen-bond donors (Lipinski definition) is 1. The number of hydrogen-bond acceptors (Lipinski definition) is 3. The Hall–Kier alpha value is -1.27. The van der Waals surface area contributed by atoms with Crippen molar-refractivity contribution in [3.8, 4) is 0 Å². The summed E-state index contributed by atoms with van der Waals surface area (Å²) in [6.07, 6.45) is 0. The number of anilines is 1. The molecule has 118 valence electrons. The first-order valence-electron chi connectivity index (χ1n) is 6.55. The molecule has 0 saturated carbocycles. The van der Waals surface area contributed by atoms with Crippen molar-refractivity contribution in [1.29, 1.82) is 0 Å². The monoisotopic (exact) mass is 332 g/mol. The number of alkyl halides is 1. The summed E-state index contributed by atoms with van der Waals surface area (Å²) < 4.78 is 26.7. The lowest BCUT2D eigenvalue weighted by Gasteiger charge is -2.15. The number of aryl methyl sites for hydroxylation is 1. The van der Waals surface area contributed by atoms with Gasteiger partial charge >= 0.3 is 0 Å². The molecule has 0 spiro atoms. The average Bonchev–Trinajstić information content (AvgIpc) is 2.39. The maximum Gasteiger partial charge on any atom is 0.253 e. The summed E-state index contributed by atoms with van der Waals surface area (Å²) in [5.74, 6) is -0.0958. The van der Waals surface area contributed by atoms with Gasteiger partial charge in [0, 0.05) is 25.5 Å². The lowest BCUT2D eigenvalue weighted by atomic mass is 10.1. The van der Waals surface area contributed by atoms with E-state index in [0.717, 1.165) is 5.56 Å². The summed E-state index contributed by atoms with van der Waals surface area (Å²) in [5, 5.41) is 0. The predicted octanol–water partition coefficient (Wildman–Crippen LogP) is 2.31. The Balaban J connectivity index is 3.03. The molecule has 0 bridgehead atoms. The number of benzene rings is 1. The van der Waals surface area contributed by atoms with E-state index >= 15 is 0 Å². The topological polar surface area (TPSA) is 66.5 Å². The quantitative estimate of drug-likeness (QED) is 0.813. The van der Waals surface area contributed by atoms with Crippen LogP contribution in [0, 0.1) is 12.8 Å². The van der Waals surface area contributed by atoms with Gasteiger partial charge in [0.1, 0.15) is 0 Å².